The van der Waals surface area contributed by atoms with Gasteiger partial charge in [-0.25, -0.2) is 9.97 Å². The van der Waals surface area contributed by atoms with E-state index in [1.165, 1.54) is 11.5 Å². The molecule has 1 fully saturated rings. The molecule has 3 aromatic rings. The number of rotatable bonds is 4. The number of hydrogen-bond donors (Lipinski definition) is 1. The summed E-state index contributed by atoms with van der Waals surface area (Å²) >= 11 is 1.41. The minimum absolute atomic E-state index is 0.0749. The molecule has 1 aliphatic rings. The van der Waals surface area contributed by atoms with Gasteiger partial charge in [-0.05, 0) is 31.5 Å². The largest absolute Gasteiger partial charge is 0.353 e. The molecule has 1 N–H and O–H groups in total. The summed E-state index contributed by atoms with van der Waals surface area (Å²) in [4.78, 5) is 28.9. The number of nitrogens with one attached hydrogen (secondary N) is 1. The maximum Gasteiger partial charge on any atom is 0.258 e. The summed E-state index contributed by atoms with van der Waals surface area (Å²) in [7, 11) is 3.93. The topological polar surface area (TPSA) is 78.0 Å². The maximum atomic E-state index is 12.4. The van der Waals surface area contributed by atoms with E-state index in [0.717, 1.165) is 41.7 Å². The summed E-state index contributed by atoms with van der Waals surface area (Å²) in [5, 5.41) is 1.54. The Kier molecular flexibility index (Phi) is 4.22. The number of hydrogen-bond acceptors (Lipinski definition) is 7. The molecule has 0 spiro atoms. The van der Waals surface area contributed by atoms with Gasteiger partial charge in [-0.15, -0.1) is 0 Å². The molecule has 0 radical (unpaired) electrons. The van der Waals surface area contributed by atoms with Gasteiger partial charge in [0.1, 0.15) is 5.82 Å². The summed E-state index contributed by atoms with van der Waals surface area (Å²) in [5.41, 5.74) is 0.670. The van der Waals surface area contributed by atoms with Crippen LogP contribution in [-0.4, -0.2) is 44.9 Å². The summed E-state index contributed by atoms with van der Waals surface area (Å²) in [6.45, 7) is 1.63. The van der Waals surface area contributed by atoms with Crippen molar-refractivity contribution in [2.75, 3.05) is 25.5 Å². The number of aromatic amines is 1. The molecule has 3 heterocycles. The predicted octanol–water partition coefficient (Wildman–Crippen LogP) is 2.18. The van der Waals surface area contributed by atoms with Gasteiger partial charge < -0.3 is 9.88 Å². The highest BCUT2D eigenvalue weighted by molar-refractivity contribution is 7.09. The number of para-hydroxylation sites is 1. The maximum absolute atomic E-state index is 12.4. The second-order valence-corrected chi connectivity index (χ2v) is 7.21. The third kappa shape index (κ3) is 3.14. The summed E-state index contributed by atoms with van der Waals surface area (Å²) in [5.74, 6) is 1.56. The number of anilines is 1. The van der Waals surface area contributed by atoms with E-state index < -0.39 is 0 Å². The molecule has 7 nitrogen and oxygen atoms in total. The lowest BCUT2D eigenvalue weighted by Crippen LogP contribution is -2.26. The molecule has 25 heavy (non-hydrogen) atoms. The van der Waals surface area contributed by atoms with Crippen molar-refractivity contribution in [3.63, 3.8) is 0 Å². The Morgan fingerprint density at radius 3 is 2.96 bits per heavy atom. The lowest BCUT2D eigenvalue weighted by atomic mass is 10.2. The fourth-order valence-electron chi connectivity index (χ4n) is 3.26. The minimum Gasteiger partial charge on any atom is -0.353 e. The minimum atomic E-state index is -0.0749. The van der Waals surface area contributed by atoms with Crippen LogP contribution in [-0.2, 0) is 6.54 Å². The van der Waals surface area contributed by atoms with Crippen LogP contribution in [0, 0.1) is 0 Å². The molecule has 2 aromatic heterocycles. The molecule has 1 aliphatic heterocycles. The molecule has 0 bridgehead atoms. The number of H-pyrrole nitrogens is 1. The Bertz CT molecular complexity index is 949. The van der Waals surface area contributed by atoms with Gasteiger partial charge in [-0.3, -0.25) is 9.69 Å². The van der Waals surface area contributed by atoms with Gasteiger partial charge in [0, 0.05) is 25.6 Å². The van der Waals surface area contributed by atoms with Gasteiger partial charge in [0.15, 0.2) is 5.82 Å². The van der Waals surface area contributed by atoms with Crippen molar-refractivity contribution in [1.29, 1.82) is 0 Å². The number of benzene rings is 1. The van der Waals surface area contributed by atoms with Crippen LogP contribution in [0.4, 0.5) is 5.13 Å². The highest BCUT2D eigenvalue weighted by Gasteiger charge is 2.29. The molecule has 1 aromatic carbocycles. The van der Waals surface area contributed by atoms with E-state index in [1.807, 2.05) is 37.2 Å². The fourth-order valence-corrected chi connectivity index (χ4v) is 3.85. The van der Waals surface area contributed by atoms with Crippen molar-refractivity contribution in [2.24, 2.45) is 0 Å². The van der Waals surface area contributed by atoms with Gasteiger partial charge in [0.05, 0.1) is 23.5 Å². The molecular formula is C17H20N6OS. The molecule has 0 saturated carbocycles. The van der Waals surface area contributed by atoms with E-state index in [0.29, 0.717) is 11.9 Å². The fraction of sp³-hybridized carbons (Fsp3) is 0.412. The normalized spacial score (nSPS) is 18.1. The molecule has 130 valence electrons. The number of likely N-dealkylation sites (tertiary alicyclic amines) is 1. The number of fused-ring (bicyclic) bond motifs is 1. The molecule has 4 rings (SSSR count). The second kappa shape index (κ2) is 6.53. The molecule has 1 unspecified atom stereocenters. The Morgan fingerprint density at radius 1 is 1.32 bits per heavy atom. The Morgan fingerprint density at radius 2 is 2.16 bits per heavy atom. The van der Waals surface area contributed by atoms with Crippen molar-refractivity contribution in [1.82, 2.24) is 24.2 Å². The van der Waals surface area contributed by atoms with Crippen LogP contribution >= 0.6 is 11.5 Å². The zero-order valence-corrected chi connectivity index (χ0v) is 15.1. The van der Waals surface area contributed by atoms with Crippen LogP contribution in [0.25, 0.3) is 10.9 Å². The Labute approximate surface area is 149 Å². The van der Waals surface area contributed by atoms with Gasteiger partial charge >= 0.3 is 0 Å². The van der Waals surface area contributed by atoms with Crippen molar-refractivity contribution < 1.29 is 0 Å². The summed E-state index contributed by atoms with van der Waals surface area (Å²) in [6, 6.07) is 7.56. The molecule has 0 aliphatic carbocycles. The standard InChI is InChI=1S/C17H20N6OS/c1-22(2)17-19-14(21-25-17)10-23-9-5-8-13(23)15-18-12-7-4-3-6-11(12)16(24)20-15/h3-4,6-7,13H,5,8-10H2,1-2H3,(H,18,20,24). The van der Waals surface area contributed by atoms with Crippen molar-refractivity contribution in [3.8, 4) is 0 Å². The molecule has 0 amide bonds. The van der Waals surface area contributed by atoms with Crippen molar-refractivity contribution >= 4 is 27.6 Å². The second-order valence-electron chi connectivity index (χ2n) is 6.48. The first-order chi connectivity index (χ1) is 12.1. The van der Waals surface area contributed by atoms with Gasteiger partial charge in [-0.1, -0.05) is 12.1 Å². The molecular weight excluding hydrogens is 336 g/mol. The lowest BCUT2D eigenvalue weighted by molar-refractivity contribution is 0.235. The van der Waals surface area contributed by atoms with E-state index >= 15 is 0 Å². The first-order valence-electron chi connectivity index (χ1n) is 8.35. The van der Waals surface area contributed by atoms with Crippen molar-refractivity contribution in [2.45, 2.75) is 25.4 Å². The van der Waals surface area contributed by atoms with Crippen LogP contribution < -0.4 is 10.5 Å². The third-order valence-electron chi connectivity index (χ3n) is 4.49. The van der Waals surface area contributed by atoms with E-state index in [-0.39, 0.29) is 11.6 Å². The highest BCUT2D eigenvalue weighted by atomic mass is 32.1. The predicted molar refractivity (Wildman–Crippen MR) is 99.0 cm³/mol. The quantitative estimate of drug-likeness (QED) is 0.772. The van der Waals surface area contributed by atoms with Crippen LogP contribution in [0.5, 0.6) is 0 Å². The van der Waals surface area contributed by atoms with Gasteiger partial charge in [0.25, 0.3) is 5.56 Å². The van der Waals surface area contributed by atoms with Crippen LogP contribution in [0.1, 0.15) is 30.5 Å². The highest BCUT2D eigenvalue weighted by Crippen LogP contribution is 2.31. The number of nitrogens with zero attached hydrogens (tertiary/aromatic N) is 5. The van der Waals surface area contributed by atoms with Crippen LogP contribution in [0.15, 0.2) is 29.1 Å². The molecule has 1 saturated heterocycles. The molecule has 1 atom stereocenters. The Hall–Kier alpha value is -2.32. The van der Waals surface area contributed by atoms with Crippen molar-refractivity contribution in [3.05, 3.63) is 46.3 Å². The van der Waals surface area contributed by atoms with E-state index in [4.69, 9.17) is 4.98 Å². The van der Waals surface area contributed by atoms with Gasteiger partial charge in [0.2, 0.25) is 5.13 Å². The molecule has 8 heteroatoms. The Balaban J connectivity index is 1.61. The summed E-state index contributed by atoms with van der Waals surface area (Å²) < 4.78 is 4.45. The average molecular weight is 356 g/mol. The third-order valence-corrected chi connectivity index (χ3v) is 5.42. The van der Waals surface area contributed by atoms with E-state index in [2.05, 4.69) is 19.2 Å². The van der Waals surface area contributed by atoms with E-state index in [1.54, 1.807) is 6.07 Å². The number of aromatic nitrogens is 4. The first kappa shape index (κ1) is 16.2. The zero-order valence-electron chi connectivity index (χ0n) is 14.3. The van der Waals surface area contributed by atoms with Gasteiger partial charge in [-0.2, -0.15) is 4.37 Å². The van der Waals surface area contributed by atoms with Crippen LogP contribution in [0.2, 0.25) is 0 Å². The zero-order chi connectivity index (χ0) is 17.4. The van der Waals surface area contributed by atoms with E-state index in [9.17, 15) is 4.79 Å². The summed E-state index contributed by atoms with van der Waals surface area (Å²) in [6.07, 6.45) is 2.05. The monoisotopic (exact) mass is 356 g/mol. The average Bonchev–Trinajstić information content (AvgIpc) is 3.25. The lowest BCUT2D eigenvalue weighted by Gasteiger charge is -2.22. The first-order valence-corrected chi connectivity index (χ1v) is 9.12. The van der Waals surface area contributed by atoms with Crippen LogP contribution in [0.3, 0.4) is 0 Å². The smallest absolute Gasteiger partial charge is 0.258 e. The SMILES string of the molecule is CN(C)c1nc(CN2CCCC2c2nc3ccccc3c(=O)[nH]2)ns1.